The number of nitrogen functional groups attached to an aromatic ring is 1. The molecule has 0 radical (unpaired) electrons. The van der Waals surface area contributed by atoms with Gasteiger partial charge in [0.2, 0.25) is 0 Å². The third-order valence-electron chi connectivity index (χ3n) is 1.71. The van der Waals surface area contributed by atoms with E-state index in [1.165, 1.54) is 7.11 Å². The Bertz CT molecular complexity index is 466. The summed E-state index contributed by atoms with van der Waals surface area (Å²) in [6.45, 7) is 0. The molecule has 76 valence electrons. The molecule has 3 nitrogen and oxygen atoms in total. The molecule has 0 saturated carbocycles. The van der Waals surface area contributed by atoms with Crippen LogP contribution in [0.15, 0.2) is 12.1 Å². The Kier molecular flexibility index (Phi) is 3.85. The third kappa shape index (κ3) is 2.80. The molecule has 4 heteroatoms. The zero-order valence-corrected chi connectivity index (χ0v) is 8.93. The Morgan fingerprint density at radius 2 is 2.27 bits per heavy atom. The molecule has 0 heterocycles. The molecule has 15 heavy (non-hydrogen) atoms. The summed E-state index contributed by atoms with van der Waals surface area (Å²) in [6.07, 6.45) is 0.170. The topological polar surface area (TPSA) is 59.0 Å². The van der Waals surface area contributed by atoms with Crippen LogP contribution in [0.2, 0.25) is 5.02 Å². The van der Waals surface area contributed by atoms with E-state index in [9.17, 15) is 0 Å². The molecule has 2 N–H and O–H groups in total. The van der Waals surface area contributed by atoms with Crippen LogP contribution in [0.25, 0.3) is 0 Å². The van der Waals surface area contributed by atoms with E-state index in [-0.39, 0.29) is 6.42 Å². The van der Waals surface area contributed by atoms with E-state index in [1.54, 1.807) is 12.1 Å². The predicted octanol–water partition coefficient (Wildman–Crippen LogP) is 2.20. The summed E-state index contributed by atoms with van der Waals surface area (Å²) in [5, 5.41) is 8.79. The first-order chi connectivity index (χ1) is 7.19. The molecule has 0 aliphatic carbocycles. The lowest BCUT2D eigenvalue weighted by Gasteiger charge is -2.05. The Hall–Kier alpha value is -1.84. The number of halogens is 1. The fourth-order valence-corrected chi connectivity index (χ4v) is 1.24. The van der Waals surface area contributed by atoms with Crippen LogP contribution in [-0.2, 0) is 0 Å². The van der Waals surface area contributed by atoms with Crippen LogP contribution in [0.3, 0.4) is 0 Å². The molecule has 0 unspecified atom stereocenters. The van der Waals surface area contributed by atoms with Gasteiger partial charge in [-0.15, -0.1) is 0 Å². The highest BCUT2D eigenvalue weighted by Gasteiger charge is 2.04. The lowest BCUT2D eigenvalue weighted by Crippen LogP contribution is -1.93. The van der Waals surface area contributed by atoms with E-state index in [1.807, 2.05) is 6.07 Å². The van der Waals surface area contributed by atoms with Crippen molar-refractivity contribution in [2.45, 2.75) is 6.42 Å². The summed E-state index contributed by atoms with van der Waals surface area (Å²) in [5.74, 6) is 5.98. The van der Waals surface area contributed by atoms with E-state index in [0.717, 1.165) is 0 Å². The fraction of sp³-hybridized carbons (Fsp3) is 0.182. The maximum absolute atomic E-state index is 8.33. The van der Waals surface area contributed by atoms with Crippen molar-refractivity contribution in [1.82, 2.24) is 0 Å². The Labute approximate surface area is 93.4 Å². The Balaban J connectivity index is 3.10. The molecule has 1 aromatic rings. The molecule has 1 aromatic carbocycles. The van der Waals surface area contributed by atoms with Gasteiger partial charge in [-0.1, -0.05) is 23.4 Å². The molecule has 0 saturated heterocycles. The standard InChI is InChI=1S/C11H9ClN2O/c1-15-11-6-8(4-2-3-5-13)9(12)7-10(11)14/h6-7H,3,14H2,1H3. The van der Waals surface area contributed by atoms with Gasteiger partial charge in [0, 0.05) is 5.56 Å². The van der Waals surface area contributed by atoms with Crippen LogP contribution in [0.1, 0.15) is 12.0 Å². The molecule has 0 spiro atoms. The van der Waals surface area contributed by atoms with Crippen molar-refractivity contribution in [3.8, 4) is 23.7 Å². The van der Waals surface area contributed by atoms with Crippen LogP contribution in [0.5, 0.6) is 5.75 Å². The summed E-state index contributed by atoms with van der Waals surface area (Å²) >= 11 is 5.92. The van der Waals surface area contributed by atoms with E-state index >= 15 is 0 Å². The third-order valence-corrected chi connectivity index (χ3v) is 2.02. The van der Waals surface area contributed by atoms with E-state index in [0.29, 0.717) is 22.0 Å². The van der Waals surface area contributed by atoms with Crippen molar-refractivity contribution in [2.75, 3.05) is 12.8 Å². The summed E-state index contributed by atoms with van der Waals surface area (Å²) in [6, 6.07) is 5.16. The molecule has 0 fully saturated rings. The van der Waals surface area contributed by atoms with Gasteiger partial charge in [0.05, 0.1) is 30.3 Å². The predicted molar refractivity (Wildman–Crippen MR) is 59.5 cm³/mol. The first-order valence-corrected chi connectivity index (χ1v) is 4.55. The number of nitrogens with zero attached hydrogens (tertiary/aromatic N) is 1. The molecule has 0 aromatic heterocycles. The zero-order chi connectivity index (χ0) is 11.3. The highest BCUT2D eigenvalue weighted by molar-refractivity contribution is 6.32. The normalized spacial score (nSPS) is 8.60. The van der Waals surface area contributed by atoms with E-state index in [4.69, 9.17) is 27.3 Å². The molecular formula is C11H9ClN2O. The number of ether oxygens (including phenoxy) is 1. The lowest BCUT2D eigenvalue weighted by molar-refractivity contribution is 0.417. The number of nitriles is 1. The molecule has 0 atom stereocenters. The molecular weight excluding hydrogens is 212 g/mol. The minimum atomic E-state index is 0.170. The molecule has 1 rings (SSSR count). The summed E-state index contributed by atoms with van der Waals surface area (Å²) in [7, 11) is 1.52. The first kappa shape index (κ1) is 11.2. The number of methoxy groups -OCH3 is 1. The van der Waals surface area contributed by atoms with E-state index in [2.05, 4.69) is 11.8 Å². The molecule has 0 aliphatic rings. The smallest absolute Gasteiger partial charge is 0.143 e. The van der Waals surface area contributed by atoms with Gasteiger partial charge in [-0.05, 0) is 12.1 Å². The SMILES string of the molecule is COc1cc(C#CCC#N)c(Cl)cc1N. The zero-order valence-electron chi connectivity index (χ0n) is 8.17. The summed E-state index contributed by atoms with van der Waals surface area (Å²) in [5.41, 5.74) is 6.72. The quantitative estimate of drug-likeness (QED) is 0.583. The minimum Gasteiger partial charge on any atom is -0.495 e. The number of anilines is 1. The first-order valence-electron chi connectivity index (χ1n) is 4.18. The second-order valence-corrected chi connectivity index (χ2v) is 3.12. The van der Waals surface area contributed by atoms with Gasteiger partial charge in [0.15, 0.2) is 0 Å². The van der Waals surface area contributed by atoms with Gasteiger partial charge in [0.25, 0.3) is 0 Å². The highest BCUT2D eigenvalue weighted by atomic mass is 35.5. The van der Waals surface area contributed by atoms with Crippen molar-refractivity contribution in [3.63, 3.8) is 0 Å². The van der Waals surface area contributed by atoms with Gasteiger partial charge < -0.3 is 10.5 Å². The Morgan fingerprint density at radius 3 is 2.87 bits per heavy atom. The number of hydrogen-bond donors (Lipinski definition) is 1. The second kappa shape index (κ2) is 5.14. The number of rotatable bonds is 1. The average Bonchev–Trinajstić information content (AvgIpc) is 2.21. The van der Waals surface area contributed by atoms with E-state index < -0.39 is 0 Å². The van der Waals surface area contributed by atoms with Gasteiger partial charge in [-0.25, -0.2) is 0 Å². The average molecular weight is 221 g/mol. The van der Waals surface area contributed by atoms with Crippen molar-refractivity contribution >= 4 is 17.3 Å². The Morgan fingerprint density at radius 1 is 1.53 bits per heavy atom. The van der Waals surface area contributed by atoms with Crippen LogP contribution in [-0.4, -0.2) is 7.11 Å². The fourth-order valence-electron chi connectivity index (χ4n) is 1.02. The van der Waals surface area contributed by atoms with Gasteiger partial charge in [0.1, 0.15) is 5.75 Å². The highest BCUT2D eigenvalue weighted by Crippen LogP contribution is 2.28. The van der Waals surface area contributed by atoms with Crippen LogP contribution < -0.4 is 10.5 Å². The van der Waals surface area contributed by atoms with Crippen molar-refractivity contribution in [3.05, 3.63) is 22.7 Å². The largest absolute Gasteiger partial charge is 0.495 e. The van der Waals surface area contributed by atoms with Crippen LogP contribution >= 0.6 is 11.6 Å². The van der Waals surface area contributed by atoms with Crippen molar-refractivity contribution in [1.29, 1.82) is 5.26 Å². The lowest BCUT2D eigenvalue weighted by atomic mass is 10.2. The monoisotopic (exact) mass is 220 g/mol. The van der Waals surface area contributed by atoms with Gasteiger partial charge in [-0.3, -0.25) is 0 Å². The van der Waals surface area contributed by atoms with Crippen LogP contribution in [0, 0.1) is 23.2 Å². The van der Waals surface area contributed by atoms with Crippen molar-refractivity contribution < 1.29 is 4.74 Å². The number of benzene rings is 1. The summed E-state index contributed by atoms with van der Waals surface area (Å²) < 4.78 is 5.03. The maximum Gasteiger partial charge on any atom is 0.143 e. The molecule has 0 aliphatic heterocycles. The van der Waals surface area contributed by atoms with Crippen molar-refractivity contribution in [2.24, 2.45) is 0 Å². The molecule has 0 amide bonds. The van der Waals surface area contributed by atoms with Gasteiger partial charge in [-0.2, -0.15) is 5.26 Å². The maximum atomic E-state index is 8.33. The van der Waals surface area contributed by atoms with Gasteiger partial charge >= 0.3 is 0 Å². The van der Waals surface area contributed by atoms with Crippen LogP contribution in [0.4, 0.5) is 5.69 Å². The second-order valence-electron chi connectivity index (χ2n) is 2.71. The summed E-state index contributed by atoms with van der Waals surface area (Å²) in [4.78, 5) is 0. The molecule has 0 bridgehead atoms. The number of nitrogens with two attached hydrogens (primary N) is 1. The minimum absolute atomic E-state index is 0.170. The number of hydrogen-bond acceptors (Lipinski definition) is 3.